The molecule has 3 heteroatoms. The molecule has 1 saturated carbocycles. The van der Waals surface area contributed by atoms with Crippen LogP contribution in [0.5, 0.6) is 0 Å². The minimum Gasteiger partial charge on any atom is -0.373 e. The van der Waals surface area contributed by atoms with Gasteiger partial charge in [0.2, 0.25) is 0 Å². The zero-order chi connectivity index (χ0) is 15.2. The molecule has 2 atom stereocenters. The summed E-state index contributed by atoms with van der Waals surface area (Å²) in [5, 5.41) is 3.36. The summed E-state index contributed by atoms with van der Waals surface area (Å²) in [6, 6.07) is 5.76. The van der Waals surface area contributed by atoms with Crippen molar-refractivity contribution in [3.63, 3.8) is 0 Å². The summed E-state index contributed by atoms with van der Waals surface area (Å²) < 4.78 is 19.8. The molecule has 2 rings (SSSR count). The van der Waals surface area contributed by atoms with Gasteiger partial charge in [-0.05, 0) is 36.5 Å². The van der Waals surface area contributed by atoms with Gasteiger partial charge in [-0.3, -0.25) is 0 Å². The maximum Gasteiger partial charge on any atom is 0.128 e. The predicted molar refractivity (Wildman–Crippen MR) is 84.6 cm³/mol. The zero-order valence-corrected chi connectivity index (χ0v) is 13.5. The Balaban J connectivity index is 1.90. The van der Waals surface area contributed by atoms with Gasteiger partial charge in [-0.2, -0.15) is 0 Å². The number of rotatable bonds is 6. The van der Waals surface area contributed by atoms with E-state index in [9.17, 15) is 4.39 Å². The lowest BCUT2D eigenvalue weighted by molar-refractivity contribution is 0.00350. The molecule has 0 bridgehead atoms. The van der Waals surface area contributed by atoms with Crippen LogP contribution in [0, 0.1) is 11.7 Å². The summed E-state index contributed by atoms with van der Waals surface area (Å²) in [7, 11) is 0. The summed E-state index contributed by atoms with van der Waals surface area (Å²) in [5.41, 5.74) is 1.79. The summed E-state index contributed by atoms with van der Waals surface area (Å²) in [6.45, 7) is 7.65. The fourth-order valence-corrected chi connectivity index (χ4v) is 2.91. The van der Waals surface area contributed by atoms with Gasteiger partial charge < -0.3 is 10.1 Å². The average molecular weight is 293 g/mol. The van der Waals surface area contributed by atoms with Gasteiger partial charge in [0.05, 0.1) is 12.7 Å². The van der Waals surface area contributed by atoms with E-state index in [0.29, 0.717) is 24.3 Å². The minimum atomic E-state index is -0.160. The standard InChI is InChI=1S/C18H28FNO/c1-13(2)20-11-15-7-8-18(19)16(10-15)12-21-17-6-4-5-14(3)9-17/h7-8,10,13-14,17,20H,4-6,9,11-12H2,1-3H3. The molecule has 2 unspecified atom stereocenters. The average Bonchev–Trinajstić information content (AvgIpc) is 2.45. The van der Waals surface area contributed by atoms with Crippen LogP contribution in [-0.2, 0) is 17.9 Å². The second kappa shape index (κ2) is 7.90. The van der Waals surface area contributed by atoms with Crippen LogP contribution in [0.15, 0.2) is 18.2 Å². The van der Waals surface area contributed by atoms with Crippen LogP contribution in [-0.4, -0.2) is 12.1 Å². The molecule has 21 heavy (non-hydrogen) atoms. The van der Waals surface area contributed by atoms with Crippen LogP contribution in [0.2, 0.25) is 0 Å². The van der Waals surface area contributed by atoms with E-state index in [-0.39, 0.29) is 5.82 Å². The van der Waals surface area contributed by atoms with E-state index in [1.807, 2.05) is 12.1 Å². The van der Waals surface area contributed by atoms with Gasteiger partial charge in [0.25, 0.3) is 0 Å². The molecule has 1 aromatic rings. The molecule has 2 nitrogen and oxygen atoms in total. The number of benzene rings is 1. The second-order valence-corrected chi connectivity index (χ2v) is 6.67. The minimum absolute atomic E-state index is 0.160. The van der Waals surface area contributed by atoms with Gasteiger partial charge >= 0.3 is 0 Å². The molecule has 1 aliphatic carbocycles. The van der Waals surface area contributed by atoms with Crippen LogP contribution in [0.1, 0.15) is 57.6 Å². The Labute approximate surface area is 128 Å². The number of hydrogen-bond donors (Lipinski definition) is 1. The molecule has 1 aliphatic rings. The fraction of sp³-hybridized carbons (Fsp3) is 0.667. The van der Waals surface area contributed by atoms with E-state index < -0.39 is 0 Å². The van der Waals surface area contributed by atoms with Gasteiger partial charge in [0.1, 0.15) is 5.82 Å². The molecule has 118 valence electrons. The van der Waals surface area contributed by atoms with E-state index in [2.05, 4.69) is 26.1 Å². The van der Waals surface area contributed by atoms with Crippen LogP contribution in [0.3, 0.4) is 0 Å². The third-order valence-corrected chi connectivity index (χ3v) is 4.19. The molecule has 0 radical (unpaired) electrons. The Bertz CT molecular complexity index is 447. The lowest BCUT2D eigenvalue weighted by Gasteiger charge is -2.27. The Morgan fingerprint density at radius 2 is 2.14 bits per heavy atom. The van der Waals surface area contributed by atoms with Crippen LogP contribution < -0.4 is 5.32 Å². The summed E-state index contributed by atoms with van der Waals surface area (Å²) in [4.78, 5) is 0. The Kier molecular flexibility index (Phi) is 6.19. The maximum atomic E-state index is 13.9. The third-order valence-electron chi connectivity index (χ3n) is 4.19. The molecule has 0 aliphatic heterocycles. The lowest BCUT2D eigenvalue weighted by atomic mass is 9.89. The van der Waals surface area contributed by atoms with E-state index in [4.69, 9.17) is 4.74 Å². The van der Waals surface area contributed by atoms with Gasteiger partial charge in [-0.1, -0.05) is 39.7 Å². The van der Waals surface area contributed by atoms with Crippen molar-refractivity contribution in [3.05, 3.63) is 35.1 Å². The van der Waals surface area contributed by atoms with Crippen LogP contribution >= 0.6 is 0 Å². The number of hydrogen-bond acceptors (Lipinski definition) is 2. The summed E-state index contributed by atoms with van der Waals surface area (Å²) >= 11 is 0. The molecule has 0 heterocycles. The van der Waals surface area contributed by atoms with Crippen molar-refractivity contribution in [1.82, 2.24) is 5.32 Å². The molecular weight excluding hydrogens is 265 g/mol. The maximum absolute atomic E-state index is 13.9. The highest BCUT2D eigenvalue weighted by molar-refractivity contribution is 5.24. The van der Waals surface area contributed by atoms with E-state index >= 15 is 0 Å². The molecular formula is C18H28FNO. The van der Waals surface area contributed by atoms with Gasteiger partial charge in [0, 0.05) is 18.2 Å². The first-order valence-corrected chi connectivity index (χ1v) is 8.17. The first-order valence-electron chi connectivity index (χ1n) is 8.17. The first kappa shape index (κ1) is 16.4. The van der Waals surface area contributed by atoms with Crippen LogP contribution in [0.4, 0.5) is 4.39 Å². The van der Waals surface area contributed by atoms with Crippen molar-refractivity contribution >= 4 is 0 Å². The van der Waals surface area contributed by atoms with Crippen molar-refractivity contribution < 1.29 is 9.13 Å². The number of ether oxygens (including phenoxy) is 1. The van der Waals surface area contributed by atoms with Gasteiger partial charge in [-0.15, -0.1) is 0 Å². The Morgan fingerprint density at radius 1 is 1.33 bits per heavy atom. The second-order valence-electron chi connectivity index (χ2n) is 6.67. The molecule has 1 aromatic carbocycles. The molecule has 0 amide bonds. The molecule has 1 N–H and O–H groups in total. The smallest absolute Gasteiger partial charge is 0.128 e. The predicted octanol–water partition coefficient (Wildman–Crippen LogP) is 4.42. The summed E-state index contributed by atoms with van der Waals surface area (Å²) in [5.74, 6) is 0.572. The van der Waals surface area contributed by atoms with Crippen LogP contribution in [0.25, 0.3) is 0 Å². The highest BCUT2D eigenvalue weighted by Crippen LogP contribution is 2.26. The molecule has 0 saturated heterocycles. The van der Waals surface area contributed by atoms with Gasteiger partial charge in [0.15, 0.2) is 0 Å². The fourth-order valence-electron chi connectivity index (χ4n) is 2.91. The van der Waals surface area contributed by atoms with Crippen molar-refractivity contribution in [2.75, 3.05) is 0 Å². The van der Waals surface area contributed by atoms with E-state index in [1.165, 1.54) is 12.8 Å². The van der Waals surface area contributed by atoms with Crippen molar-refractivity contribution in [3.8, 4) is 0 Å². The topological polar surface area (TPSA) is 21.3 Å². The first-order chi connectivity index (χ1) is 10.0. The largest absolute Gasteiger partial charge is 0.373 e. The molecule has 0 aromatic heterocycles. The van der Waals surface area contributed by atoms with E-state index in [1.54, 1.807) is 6.07 Å². The molecule has 1 fully saturated rings. The van der Waals surface area contributed by atoms with Crippen molar-refractivity contribution in [1.29, 1.82) is 0 Å². The third kappa shape index (κ3) is 5.40. The zero-order valence-electron chi connectivity index (χ0n) is 13.5. The van der Waals surface area contributed by atoms with Crippen molar-refractivity contribution in [2.24, 2.45) is 5.92 Å². The highest BCUT2D eigenvalue weighted by atomic mass is 19.1. The van der Waals surface area contributed by atoms with E-state index in [0.717, 1.165) is 30.9 Å². The summed E-state index contributed by atoms with van der Waals surface area (Å²) in [6.07, 6.45) is 5.04. The number of nitrogens with one attached hydrogen (secondary N) is 1. The SMILES string of the molecule is CC1CCCC(OCc2cc(CNC(C)C)ccc2F)C1. The monoisotopic (exact) mass is 293 g/mol. The quantitative estimate of drug-likeness (QED) is 0.838. The van der Waals surface area contributed by atoms with Gasteiger partial charge in [-0.25, -0.2) is 4.39 Å². The normalized spacial score (nSPS) is 22.7. The number of halogens is 1. The Morgan fingerprint density at radius 3 is 2.86 bits per heavy atom. The lowest BCUT2D eigenvalue weighted by Crippen LogP contribution is -2.22. The Hall–Kier alpha value is -0.930. The molecule has 0 spiro atoms. The highest BCUT2D eigenvalue weighted by Gasteiger charge is 2.19. The van der Waals surface area contributed by atoms with Crippen molar-refractivity contribution in [2.45, 2.75) is 71.8 Å².